The number of nitrogens with two attached hydrogens (primary N) is 1. The largest absolute Gasteiger partial charge is 0.385 e. The number of nitrogens with one attached hydrogen (secondary N) is 1. The second-order valence-electron chi connectivity index (χ2n) is 2.58. The lowest BCUT2D eigenvalue weighted by atomic mass is 10.5. The van der Waals surface area contributed by atoms with Gasteiger partial charge in [0, 0.05) is 20.3 Å². The molecule has 1 amide bonds. The number of amides is 1. The van der Waals surface area contributed by atoms with Crippen molar-refractivity contribution in [2.24, 2.45) is 5.84 Å². The zero-order valence-electron chi connectivity index (χ0n) is 8.45. The van der Waals surface area contributed by atoms with Gasteiger partial charge in [0.25, 0.3) is 5.91 Å². The van der Waals surface area contributed by atoms with E-state index in [1.807, 2.05) is 5.43 Å². The van der Waals surface area contributed by atoms with E-state index >= 15 is 0 Å². The maximum Gasteiger partial charge on any atom is 0.259 e. The predicted octanol–water partition coefficient (Wildman–Crippen LogP) is -0.954. The van der Waals surface area contributed by atoms with E-state index in [0.717, 1.165) is 6.42 Å². The Balaban J connectivity index is 2.95. The molecule has 0 rings (SSSR count). The van der Waals surface area contributed by atoms with Gasteiger partial charge in [-0.1, -0.05) is 0 Å². The molecular formula is C8H18N2O4. The SMILES string of the molecule is COCCCOCCOCC(=O)NN. The average Bonchev–Trinajstić information content (AvgIpc) is 2.21. The van der Waals surface area contributed by atoms with Crippen LogP contribution in [0.3, 0.4) is 0 Å². The molecule has 0 aliphatic carbocycles. The summed E-state index contributed by atoms with van der Waals surface area (Å²) in [6.07, 6.45) is 0.861. The zero-order valence-corrected chi connectivity index (χ0v) is 8.45. The molecular weight excluding hydrogens is 188 g/mol. The molecule has 0 fully saturated rings. The zero-order chi connectivity index (χ0) is 10.6. The van der Waals surface area contributed by atoms with Gasteiger partial charge in [0.2, 0.25) is 0 Å². The van der Waals surface area contributed by atoms with Crippen molar-refractivity contribution >= 4 is 5.91 Å². The van der Waals surface area contributed by atoms with Gasteiger partial charge in [-0.3, -0.25) is 10.2 Å². The molecule has 3 N–H and O–H groups in total. The molecule has 0 aromatic heterocycles. The lowest BCUT2D eigenvalue weighted by molar-refractivity contribution is -0.126. The molecule has 6 heteroatoms. The lowest BCUT2D eigenvalue weighted by Crippen LogP contribution is -2.33. The lowest BCUT2D eigenvalue weighted by Gasteiger charge is -2.04. The number of hydrogen-bond acceptors (Lipinski definition) is 5. The maximum absolute atomic E-state index is 10.6. The minimum absolute atomic E-state index is 0.0298. The van der Waals surface area contributed by atoms with Crippen LogP contribution in [0, 0.1) is 0 Å². The maximum atomic E-state index is 10.6. The molecule has 14 heavy (non-hydrogen) atoms. The van der Waals surface area contributed by atoms with Gasteiger partial charge < -0.3 is 14.2 Å². The summed E-state index contributed by atoms with van der Waals surface area (Å²) in [5.74, 6) is 4.50. The Morgan fingerprint density at radius 1 is 1.21 bits per heavy atom. The van der Waals surface area contributed by atoms with Crippen LogP contribution >= 0.6 is 0 Å². The first-order valence-electron chi connectivity index (χ1n) is 4.45. The highest BCUT2D eigenvalue weighted by atomic mass is 16.5. The van der Waals surface area contributed by atoms with Crippen LogP contribution < -0.4 is 11.3 Å². The fourth-order valence-corrected chi connectivity index (χ4v) is 0.732. The van der Waals surface area contributed by atoms with Gasteiger partial charge in [-0.05, 0) is 6.42 Å². The van der Waals surface area contributed by atoms with Crippen molar-refractivity contribution in [2.75, 3.05) is 40.1 Å². The number of rotatable bonds is 9. The Morgan fingerprint density at radius 2 is 1.93 bits per heavy atom. The smallest absolute Gasteiger partial charge is 0.259 e. The number of methoxy groups -OCH3 is 1. The van der Waals surface area contributed by atoms with E-state index in [2.05, 4.69) is 0 Å². The van der Waals surface area contributed by atoms with Gasteiger partial charge in [-0.25, -0.2) is 5.84 Å². The summed E-state index contributed by atoms with van der Waals surface area (Å²) in [7, 11) is 1.65. The van der Waals surface area contributed by atoms with E-state index in [9.17, 15) is 4.79 Å². The third kappa shape index (κ3) is 9.40. The third-order valence-electron chi connectivity index (χ3n) is 1.40. The molecule has 0 atom stereocenters. The monoisotopic (exact) mass is 206 g/mol. The summed E-state index contributed by atoms with van der Waals surface area (Å²) in [6, 6.07) is 0. The summed E-state index contributed by atoms with van der Waals surface area (Å²) in [4.78, 5) is 10.6. The van der Waals surface area contributed by atoms with Crippen LogP contribution in [-0.4, -0.2) is 46.1 Å². The first kappa shape index (κ1) is 13.3. The van der Waals surface area contributed by atoms with Crippen molar-refractivity contribution < 1.29 is 19.0 Å². The van der Waals surface area contributed by atoms with Crippen molar-refractivity contribution in [2.45, 2.75) is 6.42 Å². The quantitative estimate of drug-likeness (QED) is 0.220. The Hall–Kier alpha value is -0.690. The van der Waals surface area contributed by atoms with Gasteiger partial charge in [0.1, 0.15) is 6.61 Å². The fraction of sp³-hybridized carbons (Fsp3) is 0.875. The van der Waals surface area contributed by atoms with Crippen molar-refractivity contribution in [3.05, 3.63) is 0 Å². The molecule has 0 saturated carbocycles. The first-order chi connectivity index (χ1) is 6.81. The highest BCUT2D eigenvalue weighted by Crippen LogP contribution is 1.84. The molecule has 0 saturated heterocycles. The summed E-state index contributed by atoms with van der Waals surface area (Å²) < 4.78 is 15.0. The van der Waals surface area contributed by atoms with Gasteiger partial charge in [-0.2, -0.15) is 0 Å². The van der Waals surface area contributed by atoms with E-state index in [0.29, 0.717) is 26.4 Å². The molecule has 0 aromatic carbocycles. The van der Waals surface area contributed by atoms with E-state index in [-0.39, 0.29) is 12.5 Å². The summed E-state index contributed by atoms with van der Waals surface area (Å²) in [5, 5.41) is 0. The number of ether oxygens (including phenoxy) is 3. The Morgan fingerprint density at radius 3 is 2.57 bits per heavy atom. The van der Waals surface area contributed by atoms with Gasteiger partial charge in [-0.15, -0.1) is 0 Å². The Labute approximate surface area is 83.7 Å². The first-order valence-corrected chi connectivity index (χ1v) is 4.45. The standard InChI is InChI=1S/C8H18N2O4/c1-12-3-2-4-13-5-6-14-7-8(11)10-9/h2-7,9H2,1H3,(H,10,11). The summed E-state index contributed by atoms with van der Waals surface area (Å²) >= 11 is 0. The summed E-state index contributed by atoms with van der Waals surface area (Å²) in [6.45, 7) is 2.16. The van der Waals surface area contributed by atoms with Crippen LogP contribution in [0.4, 0.5) is 0 Å². The van der Waals surface area contributed by atoms with Crippen LogP contribution in [0.2, 0.25) is 0 Å². The normalized spacial score (nSPS) is 10.1. The minimum Gasteiger partial charge on any atom is -0.385 e. The molecule has 0 heterocycles. The van der Waals surface area contributed by atoms with Gasteiger partial charge in [0.05, 0.1) is 13.2 Å². The molecule has 0 aliphatic rings. The molecule has 0 aliphatic heterocycles. The van der Waals surface area contributed by atoms with Crippen molar-refractivity contribution in [3.63, 3.8) is 0 Å². The number of hydrazine groups is 1. The van der Waals surface area contributed by atoms with Crippen molar-refractivity contribution in [1.82, 2.24) is 5.43 Å². The van der Waals surface area contributed by atoms with Gasteiger partial charge in [0.15, 0.2) is 0 Å². The van der Waals surface area contributed by atoms with E-state index in [1.165, 1.54) is 0 Å². The van der Waals surface area contributed by atoms with E-state index in [4.69, 9.17) is 20.1 Å². The molecule has 6 nitrogen and oxygen atoms in total. The molecule has 0 spiro atoms. The average molecular weight is 206 g/mol. The number of hydrogen-bond donors (Lipinski definition) is 2. The molecule has 0 aromatic rings. The number of carbonyl (C=O) groups is 1. The Bertz CT molecular complexity index is 143. The second kappa shape index (κ2) is 10.4. The summed E-state index contributed by atoms with van der Waals surface area (Å²) in [5.41, 5.74) is 1.96. The molecule has 0 bridgehead atoms. The van der Waals surface area contributed by atoms with Crippen LogP contribution in [0.15, 0.2) is 0 Å². The molecule has 0 unspecified atom stereocenters. The van der Waals surface area contributed by atoms with Crippen molar-refractivity contribution in [3.8, 4) is 0 Å². The number of carbonyl (C=O) groups excluding carboxylic acids is 1. The second-order valence-corrected chi connectivity index (χ2v) is 2.58. The third-order valence-corrected chi connectivity index (χ3v) is 1.40. The van der Waals surface area contributed by atoms with Crippen LogP contribution in [0.25, 0.3) is 0 Å². The van der Waals surface area contributed by atoms with E-state index < -0.39 is 0 Å². The van der Waals surface area contributed by atoms with Crippen LogP contribution in [-0.2, 0) is 19.0 Å². The highest BCUT2D eigenvalue weighted by molar-refractivity contribution is 5.76. The minimum atomic E-state index is -0.343. The van der Waals surface area contributed by atoms with Crippen LogP contribution in [0.5, 0.6) is 0 Å². The molecule has 84 valence electrons. The highest BCUT2D eigenvalue weighted by Gasteiger charge is 1.96. The van der Waals surface area contributed by atoms with Crippen LogP contribution in [0.1, 0.15) is 6.42 Å². The van der Waals surface area contributed by atoms with Gasteiger partial charge >= 0.3 is 0 Å². The van der Waals surface area contributed by atoms with Crippen molar-refractivity contribution in [1.29, 1.82) is 0 Å². The topological polar surface area (TPSA) is 82.8 Å². The predicted molar refractivity (Wildman–Crippen MR) is 50.5 cm³/mol. The van der Waals surface area contributed by atoms with E-state index in [1.54, 1.807) is 7.11 Å². The fourth-order valence-electron chi connectivity index (χ4n) is 0.732. The molecule has 0 radical (unpaired) electrons. The Kier molecular flexibility index (Phi) is 9.88.